The maximum atomic E-state index is 5.42. The molecule has 0 aliphatic carbocycles. The summed E-state index contributed by atoms with van der Waals surface area (Å²) in [7, 11) is 1.70. The molecule has 0 amide bonds. The molecule has 24 heavy (non-hydrogen) atoms. The van der Waals surface area contributed by atoms with Crippen LogP contribution in [0.15, 0.2) is 28.2 Å². The quantitative estimate of drug-likeness (QED) is 0.655. The van der Waals surface area contributed by atoms with Gasteiger partial charge in [0, 0.05) is 32.5 Å². The number of thiophene rings is 1. The van der Waals surface area contributed by atoms with Crippen molar-refractivity contribution in [2.24, 2.45) is 0 Å². The van der Waals surface area contributed by atoms with Crippen molar-refractivity contribution in [3.8, 4) is 21.9 Å². The second-order valence-electron chi connectivity index (χ2n) is 5.49. The molecule has 0 spiro atoms. The second-order valence-corrected chi connectivity index (χ2v) is 6.41. The fraction of sp³-hybridized carbons (Fsp3) is 0.353. The highest BCUT2D eigenvalue weighted by Crippen LogP contribution is 2.35. The van der Waals surface area contributed by atoms with Gasteiger partial charge in [-0.05, 0) is 37.3 Å². The topological polar surface area (TPSA) is 73.1 Å². The molecule has 0 aliphatic rings. The molecule has 0 aromatic carbocycles. The fourth-order valence-electron chi connectivity index (χ4n) is 2.34. The molecule has 7 heteroatoms. The zero-order valence-electron chi connectivity index (χ0n) is 14.0. The lowest BCUT2D eigenvalue weighted by molar-refractivity contribution is 0.197. The van der Waals surface area contributed by atoms with Crippen LogP contribution in [0.5, 0.6) is 0 Å². The average Bonchev–Trinajstić information content (AvgIpc) is 3.20. The molecule has 1 N–H and O–H groups in total. The minimum absolute atomic E-state index is 0.605. The summed E-state index contributed by atoms with van der Waals surface area (Å²) in [5, 5.41) is 9.28. The van der Waals surface area contributed by atoms with E-state index in [9.17, 15) is 0 Å². The monoisotopic (exact) mass is 344 g/mol. The van der Waals surface area contributed by atoms with E-state index in [1.165, 1.54) is 5.56 Å². The van der Waals surface area contributed by atoms with E-state index in [1.54, 1.807) is 24.6 Å². The van der Waals surface area contributed by atoms with Gasteiger partial charge >= 0.3 is 0 Å². The standard InChI is InChI=1S/C17H20N4O2S/c1-11-5-8-24-16(11)15-13(14-9-12(2)21-23-14)10-19-17(20-15)18-6-4-7-22-3/h5,8-10H,4,6-7H2,1-3H3,(H,18,19,20). The summed E-state index contributed by atoms with van der Waals surface area (Å²) in [6, 6.07) is 3.99. The largest absolute Gasteiger partial charge is 0.385 e. The Hall–Kier alpha value is -2.25. The molecule has 0 fully saturated rings. The third kappa shape index (κ3) is 3.63. The molecular formula is C17H20N4O2S. The molecule has 0 unspecified atom stereocenters. The molecule has 0 atom stereocenters. The fourth-order valence-corrected chi connectivity index (χ4v) is 3.27. The van der Waals surface area contributed by atoms with Crippen molar-refractivity contribution in [1.82, 2.24) is 15.1 Å². The first-order chi connectivity index (χ1) is 11.7. The number of hydrogen-bond acceptors (Lipinski definition) is 7. The number of hydrogen-bond donors (Lipinski definition) is 1. The Labute approximate surface area is 144 Å². The third-order valence-electron chi connectivity index (χ3n) is 3.57. The van der Waals surface area contributed by atoms with Crippen LogP contribution in [0.3, 0.4) is 0 Å². The summed E-state index contributed by atoms with van der Waals surface area (Å²) in [5.74, 6) is 1.29. The molecule has 3 aromatic heterocycles. The van der Waals surface area contributed by atoms with Crippen LogP contribution in [0, 0.1) is 13.8 Å². The van der Waals surface area contributed by atoms with Crippen LogP contribution in [-0.4, -0.2) is 35.4 Å². The summed E-state index contributed by atoms with van der Waals surface area (Å²) in [5.41, 5.74) is 3.73. The van der Waals surface area contributed by atoms with Crippen molar-refractivity contribution in [2.75, 3.05) is 25.6 Å². The number of nitrogens with one attached hydrogen (secondary N) is 1. The Morgan fingerprint density at radius 2 is 2.21 bits per heavy atom. The van der Waals surface area contributed by atoms with Gasteiger partial charge in [-0.25, -0.2) is 9.97 Å². The van der Waals surface area contributed by atoms with Crippen LogP contribution in [0.25, 0.3) is 21.9 Å². The van der Waals surface area contributed by atoms with E-state index >= 15 is 0 Å². The van der Waals surface area contributed by atoms with Crippen molar-refractivity contribution in [1.29, 1.82) is 0 Å². The van der Waals surface area contributed by atoms with Gasteiger partial charge in [0.05, 0.1) is 21.8 Å². The van der Waals surface area contributed by atoms with Gasteiger partial charge < -0.3 is 14.6 Å². The Kier molecular flexibility index (Phi) is 5.22. The van der Waals surface area contributed by atoms with Crippen molar-refractivity contribution in [3.63, 3.8) is 0 Å². The molecule has 126 valence electrons. The van der Waals surface area contributed by atoms with E-state index in [0.29, 0.717) is 18.3 Å². The van der Waals surface area contributed by atoms with Gasteiger partial charge in [0.1, 0.15) is 0 Å². The summed E-state index contributed by atoms with van der Waals surface area (Å²) >= 11 is 1.66. The molecule has 3 aromatic rings. The number of anilines is 1. The van der Waals surface area contributed by atoms with Gasteiger partial charge in [-0.3, -0.25) is 0 Å². The van der Waals surface area contributed by atoms with E-state index in [4.69, 9.17) is 14.2 Å². The van der Waals surface area contributed by atoms with Crippen LogP contribution in [0.4, 0.5) is 5.95 Å². The maximum absolute atomic E-state index is 5.42. The van der Waals surface area contributed by atoms with Gasteiger partial charge in [-0.1, -0.05) is 5.16 Å². The maximum Gasteiger partial charge on any atom is 0.223 e. The zero-order valence-corrected chi connectivity index (χ0v) is 14.8. The van der Waals surface area contributed by atoms with Crippen molar-refractivity contribution in [2.45, 2.75) is 20.3 Å². The lowest BCUT2D eigenvalue weighted by Crippen LogP contribution is -2.08. The Balaban J connectivity index is 1.95. The van der Waals surface area contributed by atoms with Crippen LogP contribution in [-0.2, 0) is 4.74 Å². The Bertz CT molecular complexity index is 813. The van der Waals surface area contributed by atoms with Crippen molar-refractivity contribution in [3.05, 3.63) is 35.0 Å². The third-order valence-corrected chi connectivity index (χ3v) is 4.59. The van der Waals surface area contributed by atoms with Crippen molar-refractivity contribution >= 4 is 17.3 Å². The van der Waals surface area contributed by atoms with E-state index < -0.39 is 0 Å². The van der Waals surface area contributed by atoms with E-state index in [-0.39, 0.29) is 0 Å². The summed E-state index contributed by atoms with van der Waals surface area (Å²) < 4.78 is 10.5. The molecule has 0 aliphatic heterocycles. The van der Waals surface area contributed by atoms with Gasteiger partial charge in [0.25, 0.3) is 0 Å². The van der Waals surface area contributed by atoms with Crippen LogP contribution < -0.4 is 5.32 Å². The lowest BCUT2D eigenvalue weighted by Gasteiger charge is -2.09. The minimum atomic E-state index is 0.605. The zero-order chi connectivity index (χ0) is 16.9. The first-order valence-corrected chi connectivity index (χ1v) is 8.65. The van der Waals surface area contributed by atoms with Crippen LogP contribution in [0.2, 0.25) is 0 Å². The second kappa shape index (κ2) is 7.55. The predicted molar refractivity (Wildman–Crippen MR) is 95.3 cm³/mol. The number of rotatable bonds is 7. The number of aryl methyl sites for hydroxylation is 2. The molecule has 3 rings (SSSR count). The molecule has 0 radical (unpaired) electrons. The molecule has 0 saturated carbocycles. The van der Waals surface area contributed by atoms with E-state index in [0.717, 1.165) is 34.8 Å². The SMILES string of the molecule is COCCCNc1ncc(-c2cc(C)no2)c(-c2sccc2C)n1. The molecule has 0 saturated heterocycles. The predicted octanol–water partition coefficient (Wildman–Crippen LogP) is 3.93. The number of aromatic nitrogens is 3. The first-order valence-electron chi connectivity index (χ1n) is 7.77. The molecule has 3 heterocycles. The number of nitrogens with zero attached hydrogens (tertiary/aromatic N) is 3. The average molecular weight is 344 g/mol. The highest BCUT2D eigenvalue weighted by molar-refractivity contribution is 7.13. The molecule has 0 bridgehead atoms. The highest BCUT2D eigenvalue weighted by atomic mass is 32.1. The first kappa shape index (κ1) is 16.6. The van der Waals surface area contributed by atoms with Crippen LogP contribution >= 0.6 is 11.3 Å². The summed E-state index contributed by atoms with van der Waals surface area (Å²) in [4.78, 5) is 10.2. The van der Waals surface area contributed by atoms with Gasteiger partial charge in [0.2, 0.25) is 5.95 Å². The van der Waals surface area contributed by atoms with Crippen LogP contribution in [0.1, 0.15) is 17.7 Å². The Morgan fingerprint density at radius 1 is 1.33 bits per heavy atom. The number of ether oxygens (including phenoxy) is 1. The molecular weight excluding hydrogens is 324 g/mol. The van der Waals surface area contributed by atoms with E-state index in [1.807, 2.05) is 13.0 Å². The van der Waals surface area contributed by atoms with Crippen molar-refractivity contribution < 1.29 is 9.26 Å². The van der Waals surface area contributed by atoms with Gasteiger partial charge in [0.15, 0.2) is 5.76 Å². The highest BCUT2D eigenvalue weighted by Gasteiger charge is 2.17. The summed E-state index contributed by atoms with van der Waals surface area (Å²) in [6.07, 6.45) is 2.69. The smallest absolute Gasteiger partial charge is 0.223 e. The normalized spacial score (nSPS) is 11.0. The lowest BCUT2D eigenvalue weighted by atomic mass is 10.1. The van der Waals surface area contributed by atoms with Gasteiger partial charge in [-0.15, -0.1) is 11.3 Å². The van der Waals surface area contributed by atoms with E-state index in [2.05, 4.69) is 33.8 Å². The van der Waals surface area contributed by atoms with Gasteiger partial charge in [-0.2, -0.15) is 0 Å². The number of methoxy groups -OCH3 is 1. The Morgan fingerprint density at radius 3 is 2.88 bits per heavy atom. The molecule has 6 nitrogen and oxygen atoms in total. The minimum Gasteiger partial charge on any atom is -0.385 e. The summed E-state index contributed by atoms with van der Waals surface area (Å²) in [6.45, 7) is 5.45.